The summed E-state index contributed by atoms with van der Waals surface area (Å²) < 4.78 is 0. The van der Waals surface area contributed by atoms with E-state index in [0.717, 1.165) is 5.01 Å². The monoisotopic (exact) mass is 166 g/mol. The number of rotatable bonds is 1. The maximum atomic E-state index is 4.06. The van der Waals surface area contributed by atoms with Gasteiger partial charge in [0, 0.05) is 5.38 Å². The predicted octanol–water partition coefficient (Wildman–Crippen LogP) is 2.67. The summed E-state index contributed by atoms with van der Waals surface area (Å²) in [4.78, 5) is 5.29. The molecule has 0 saturated carbocycles. The molecule has 0 unspecified atom stereocenters. The molecule has 0 saturated heterocycles. The van der Waals surface area contributed by atoms with Gasteiger partial charge in [-0.25, -0.2) is 4.98 Å². The van der Waals surface area contributed by atoms with E-state index in [4.69, 9.17) is 0 Å². The zero-order valence-electron chi connectivity index (χ0n) is 5.07. The Bertz CT molecular complexity index is 251. The third-order valence-corrected chi connectivity index (χ3v) is 2.88. The van der Waals surface area contributed by atoms with Crippen molar-refractivity contribution in [3.05, 3.63) is 29.1 Å². The van der Waals surface area contributed by atoms with Gasteiger partial charge in [-0.1, -0.05) is 6.07 Å². The third-order valence-electron chi connectivity index (χ3n) is 1.12. The molecule has 0 atom stereocenters. The molecule has 0 N–H and O–H groups in total. The SMILES string of the molecule is [c]1csc(-c2cccs2)n1. The second-order valence-electron chi connectivity index (χ2n) is 1.76. The Labute approximate surface area is 67.0 Å². The minimum absolute atomic E-state index is 1.06. The average molecular weight is 166 g/mol. The highest BCUT2D eigenvalue weighted by atomic mass is 32.1. The fourth-order valence-electron chi connectivity index (χ4n) is 0.707. The first-order valence-corrected chi connectivity index (χ1v) is 4.58. The first-order valence-electron chi connectivity index (χ1n) is 2.82. The van der Waals surface area contributed by atoms with E-state index in [1.54, 1.807) is 22.7 Å². The Hall–Kier alpha value is -0.670. The number of hydrogen-bond acceptors (Lipinski definition) is 3. The van der Waals surface area contributed by atoms with Crippen LogP contribution in [0.5, 0.6) is 0 Å². The molecule has 1 radical (unpaired) electrons. The molecule has 1 nitrogen and oxygen atoms in total. The van der Waals surface area contributed by atoms with Crippen LogP contribution in [-0.2, 0) is 0 Å². The minimum Gasteiger partial charge on any atom is -0.234 e. The van der Waals surface area contributed by atoms with Crippen LogP contribution in [0.3, 0.4) is 0 Å². The fourth-order valence-corrected chi connectivity index (χ4v) is 2.11. The van der Waals surface area contributed by atoms with Crippen LogP contribution in [0.1, 0.15) is 0 Å². The molecule has 0 aliphatic carbocycles. The molecule has 0 aliphatic rings. The highest BCUT2D eigenvalue weighted by Crippen LogP contribution is 2.25. The van der Waals surface area contributed by atoms with E-state index in [2.05, 4.69) is 22.6 Å². The summed E-state index contributed by atoms with van der Waals surface area (Å²) in [6.07, 6.45) is 2.79. The lowest BCUT2D eigenvalue weighted by Crippen LogP contribution is -1.63. The zero-order valence-corrected chi connectivity index (χ0v) is 6.71. The van der Waals surface area contributed by atoms with Crippen molar-refractivity contribution in [3.8, 4) is 9.88 Å². The van der Waals surface area contributed by atoms with Crippen LogP contribution >= 0.6 is 22.7 Å². The lowest BCUT2D eigenvalue weighted by molar-refractivity contribution is 1.41. The normalized spacial score (nSPS) is 10.0. The van der Waals surface area contributed by atoms with Crippen molar-refractivity contribution >= 4 is 22.7 Å². The molecule has 49 valence electrons. The van der Waals surface area contributed by atoms with Gasteiger partial charge in [-0.05, 0) is 11.4 Å². The number of thiophene rings is 1. The molecule has 0 fully saturated rings. The second kappa shape index (κ2) is 2.52. The molecule has 2 aromatic rings. The number of thiazole rings is 1. The van der Waals surface area contributed by atoms with Crippen molar-refractivity contribution < 1.29 is 0 Å². The van der Waals surface area contributed by atoms with E-state index >= 15 is 0 Å². The number of hydrogen-bond donors (Lipinski definition) is 0. The predicted molar refractivity (Wildman–Crippen MR) is 44.3 cm³/mol. The van der Waals surface area contributed by atoms with Gasteiger partial charge < -0.3 is 0 Å². The molecule has 0 spiro atoms. The Morgan fingerprint density at radius 2 is 2.40 bits per heavy atom. The quantitative estimate of drug-likeness (QED) is 0.634. The first kappa shape index (κ1) is 6.07. The molecule has 0 bridgehead atoms. The molecule has 2 heterocycles. The van der Waals surface area contributed by atoms with Crippen LogP contribution < -0.4 is 0 Å². The van der Waals surface area contributed by atoms with Crippen molar-refractivity contribution in [1.82, 2.24) is 4.98 Å². The minimum atomic E-state index is 1.06. The van der Waals surface area contributed by atoms with Gasteiger partial charge >= 0.3 is 0 Å². The van der Waals surface area contributed by atoms with Crippen LogP contribution in [0.4, 0.5) is 0 Å². The molecular weight excluding hydrogens is 162 g/mol. The molecule has 0 aliphatic heterocycles. The van der Waals surface area contributed by atoms with Crippen LogP contribution in [0.25, 0.3) is 9.88 Å². The largest absolute Gasteiger partial charge is 0.234 e. The van der Waals surface area contributed by atoms with Crippen molar-refractivity contribution in [2.75, 3.05) is 0 Å². The summed E-state index contributed by atoms with van der Waals surface area (Å²) >= 11 is 3.33. The molecule has 2 rings (SSSR count). The van der Waals surface area contributed by atoms with Gasteiger partial charge in [-0.3, -0.25) is 0 Å². The van der Waals surface area contributed by atoms with Crippen LogP contribution in [-0.4, -0.2) is 4.98 Å². The summed E-state index contributed by atoms with van der Waals surface area (Å²) in [7, 11) is 0. The third kappa shape index (κ3) is 0.978. The summed E-state index contributed by atoms with van der Waals surface area (Å²) in [6, 6.07) is 4.10. The van der Waals surface area contributed by atoms with Gasteiger partial charge in [0.15, 0.2) is 0 Å². The van der Waals surface area contributed by atoms with Gasteiger partial charge in [-0.2, -0.15) is 0 Å². The van der Waals surface area contributed by atoms with Crippen molar-refractivity contribution in [1.29, 1.82) is 0 Å². The van der Waals surface area contributed by atoms with Crippen LogP contribution in [0.15, 0.2) is 22.9 Å². The highest BCUT2D eigenvalue weighted by molar-refractivity contribution is 7.20. The van der Waals surface area contributed by atoms with Gasteiger partial charge in [0.2, 0.25) is 0 Å². The Kier molecular flexibility index (Phi) is 1.53. The lowest BCUT2D eigenvalue weighted by Gasteiger charge is -1.83. The summed E-state index contributed by atoms with van der Waals surface area (Å²) in [5, 5.41) is 4.99. The van der Waals surface area contributed by atoms with E-state index in [0.29, 0.717) is 0 Å². The lowest BCUT2D eigenvalue weighted by atomic mass is 10.5. The molecule has 2 aromatic heterocycles. The molecular formula is C7H4NS2. The number of nitrogens with zero attached hydrogens (tertiary/aromatic N) is 1. The van der Waals surface area contributed by atoms with Gasteiger partial charge in [-0.15, -0.1) is 22.7 Å². The number of aromatic nitrogens is 1. The van der Waals surface area contributed by atoms with Crippen LogP contribution in [0, 0.1) is 6.20 Å². The van der Waals surface area contributed by atoms with E-state index < -0.39 is 0 Å². The molecule has 0 aromatic carbocycles. The summed E-state index contributed by atoms with van der Waals surface area (Å²) in [5.41, 5.74) is 0. The maximum Gasteiger partial charge on any atom is 0.134 e. The smallest absolute Gasteiger partial charge is 0.134 e. The first-order chi connectivity index (χ1) is 4.97. The standard InChI is InChI=1S/C7H4NS2/c1-2-6(9-4-1)7-8-3-5-10-7/h1-2,4-5H. The van der Waals surface area contributed by atoms with Crippen LogP contribution in [0.2, 0.25) is 0 Å². The Balaban J connectivity index is 2.48. The van der Waals surface area contributed by atoms with Crippen molar-refractivity contribution in [2.45, 2.75) is 0 Å². The molecule has 0 amide bonds. The van der Waals surface area contributed by atoms with E-state index in [1.807, 2.05) is 11.4 Å². The van der Waals surface area contributed by atoms with Gasteiger partial charge in [0.25, 0.3) is 0 Å². The molecule has 3 heteroatoms. The maximum absolute atomic E-state index is 4.06. The van der Waals surface area contributed by atoms with E-state index in [1.165, 1.54) is 4.88 Å². The molecule has 10 heavy (non-hydrogen) atoms. The van der Waals surface area contributed by atoms with Gasteiger partial charge in [0.1, 0.15) is 11.2 Å². The average Bonchev–Trinajstić information content (AvgIpc) is 2.59. The van der Waals surface area contributed by atoms with E-state index in [-0.39, 0.29) is 0 Å². The van der Waals surface area contributed by atoms with Crippen molar-refractivity contribution in [3.63, 3.8) is 0 Å². The summed E-state index contributed by atoms with van der Waals surface area (Å²) in [5.74, 6) is 0. The van der Waals surface area contributed by atoms with Gasteiger partial charge in [0.05, 0.1) is 4.88 Å². The van der Waals surface area contributed by atoms with Crippen molar-refractivity contribution in [2.24, 2.45) is 0 Å². The Morgan fingerprint density at radius 1 is 1.40 bits per heavy atom. The highest BCUT2D eigenvalue weighted by Gasteiger charge is 1.98. The summed E-state index contributed by atoms with van der Waals surface area (Å²) in [6.45, 7) is 0. The zero-order chi connectivity index (χ0) is 6.81. The second-order valence-corrected chi connectivity index (χ2v) is 3.56. The Morgan fingerprint density at radius 3 is 3.00 bits per heavy atom. The topological polar surface area (TPSA) is 12.9 Å². The van der Waals surface area contributed by atoms with E-state index in [9.17, 15) is 0 Å². The fraction of sp³-hybridized carbons (Fsp3) is 0.